The molecule has 0 radical (unpaired) electrons. The van der Waals surface area contributed by atoms with Gasteiger partial charge in [0.25, 0.3) is 5.91 Å². The fourth-order valence-corrected chi connectivity index (χ4v) is 2.94. The molecule has 0 aliphatic carbocycles. The number of H-pyrrole nitrogens is 1. The van der Waals surface area contributed by atoms with Gasteiger partial charge >= 0.3 is 0 Å². The highest BCUT2D eigenvalue weighted by molar-refractivity contribution is 5.92. The van der Waals surface area contributed by atoms with E-state index < -0.39 is 0 Å². The molecule has 0 spiro atoms. The lowest BCUT2D eigenvalue weighted by Gasteiger charge is -2.17. The van der Waals surface area contributed by atoms with Gasteiger partial charge in [-0.25, -0.2) is 0 Å². The van der Waals surface area contributed by atoms with Gasteiger partial charge in [0.05, 0.1) is 0 Å². The summed E-state index contributed by atoms with van der Waals surface area (Å²) in [5, 5.41) is 18.0. The minimum Gasteiger partial charge on any atom is -0.380 e. The summed E-state index contributed by atoms with van der Waals surface area (Å²) < 4.78 is 0. The number of nitrogens with one attached hydrogen (secondary N) is 3. The summed E-state index contributed by atoms with van der Waals surface area (Å²) in [5.74, 6) is 0.299. The Hall–Kier alpha value is -2.63. The SMILES string of the molecule is CC(C)c1cc(C(=O)N2CC[C@@H](Nc3ccccc3C=N)C2)n[nH]1.[HH]. The van der Waals surface area contributed by atoms with Crippen molar-refractivity contribution in [2.75, 3.05) is 18.4 Å². The number of hydrogen-bond donors (Lipinski definition) is 3. The first-order valence-electron chi connectivity index (χ1n) is 8.29. The van der Waals surface area contributed by atoms with Crippen LogP contribution >= 0.6 is 0 Å². The zero-order valence-corrected chi connectivity index (χ0v) is 14.0. The van der Waals surface area contributed by atoms with Crippen molar-refractivity contribution < 1.29 is 6.22 Å². The molecule has 3 rings (SSSR count). The van der Waals surface area contributed by atoms with Crippen molar-refractivity contribution in [3.63, 3.8) is 0 Å². The van der Waals surface area contributed by atoms with Gasteiger partial charge in [-0.3, -0.25) is 9.89 Å². The van der Waals surface area contributed by atoms with Gasteiger partial charge in [0.2, 0.25) is 0 Å². The summed E-state index contributed by atoms with van der Waals surface area (Å²) in [6, 6.07) is 9.78. The third-order valence-electron chi connectivity index (χ3n) is 4.39. The zero-order valence-electron chi connectivity index (χ0n) is 14.0. The molecule has 1 saturated heterocycles. The summed E-state index contributed by atoms with van der Waals surface area (Å²) in [6.45, 7) is 5.50. The number of likely N-dealkylation sites (tertiary alicyclic amines) is 1. The van der Waals surface area contributed by atoms with E-state index in [1.165, 1.54) is 6.21 Å². The number of amides is 1. The number of rotatable bonds is 5. The van der Waals surface area contributed by atoms with E-state index in [0.29, 0.717) is 24.7 Å². The maximum absolute atomic E-state index is 12.6. The van der Waals surface area contributed by atoms with E-state index in [0.717, 1.165) is 23.4 Å². The normalized spacial score (nSPS) is 17.3. The van der Waals surface area contributed by atoms with Gasteiger partial charge in [-0.05, 0) is 24.5 Å². The molecule has 1 fully saturated rings. The Bertz CT molecular complexity index is 743. The van der Waals surface area contributed by atoms with Crippen LogP contribution in [0.1, 0.15) is 49.4 Å². The average molecular weight is 327 g/mol. The molecule has 24 heavy (non-hydrogen) atoms. The van der Waals surface area contributed by atoms with Gasteiger partial charge in [0.15, 0.2) is 0 Å². The highest BCUT2D eigenvalue weighted by Gasteiger charge is 2.28. The fraction of sp³-hybridized carbons (Fsp3) is 0.389. The second-order valence-corrected chi connectivity index (χ2v) is 6.48. The maximum Gasteiger partial charge on any atom is 0.274 e. The van der Waals surface area contributed by atoms with Gasteiger partial charge in [-0.1, -0.05) is 32.0 Å². The molecule has 1 aliphatic rings. The van der Waals surface area contributed by atoms with Gasteiger partial charge in [-0.15, -0.1) is 0 Å². The van der Waals surface area contributed by atoms with Crippen LogP contribution in [0.4, 0.5) is 5.69 Å². The highest BCUT2D eigenvalue weighted by Crippen LogP contribution is 2.20. The van der Waals surface area contributed by atoms with E-state index in [4.69, 9.17) is 5.41 Å². The van der Waals surface area contributed by atoms with E-state index in [9.17, 15) is 4.79 Å². The third kappa shape index (κ3) is 3.32. The highest BCUT2D eigenvalue weighted by atomic mass is 16.2. The van der Waals surface area contributed by atoms with E-state index in [1.807, 2.05) is 35.2 Å². The topological polar surface area (TPSA) is 84.9 Å². The second kappa shape index (κ2) is 6.86. The molecular weight excluding hydrogens is 302 g/mol. The van der Waals surface area contributed by atoms with Gasteiger partial charge in [0.1, 0.15) is 5.69 Å². The molecule has 6 heteroatoms. The van der Waals surface area contributed by atoms with Crippen molar-refractivity contribution in [3.05, 3.63) is 47.3 Å². The molecule has 1 aromatic heterocycles. The molecule has 3 N–H and O–H groups in total. The molecule has 0 saturated carbocycles. The molecule has 2 aromatic rings. The molecule has 1 atom stereocenters. The maximum atomic E-state index is 12.6. The number of carbonyl (C=O) groups is 1. The van der Waals surface area contributed by atoms with Crippen LogP contribution in [0.15, 0.2) is 30.3 Å². The van der Waals surface area contributed by atoms with E-state index in [-0.39, 0.29) is 13.4 Å². The lowest BCUT2D eigenvalue weighted by Crippen LogP contribution is -2.32. The van der Waals surface area contributed by atoms with Crippen LogP contribution in [0.3, 0.4) is 0 Å². The number of hydrogen-bond acceptors (Lipinski definition) is 4. The van der Waals surface area contributed by atoms with Crippen molar-refractivity contribution >= 4 is 17.8 Å². The lowest BCUT2D eigenvalue weighted by atomic mass is 10.1. The Kier molecular flexibility index (Phi) is 4.64. The Morgan fingerprint density at radius 2 is 2.29 bits per heavy atom. The molecule has 0 bridgehead atoms. The monoisotopic (exact) mass is 327 g/mol. The van der Waals surface area contributed by atoms with E-state index >= 15 is 0 Å². The van der Waals surface area contributed by atoms with E-state index in [1.54, 1.807) is 0 Å². The predicted octanol–water partition coefficient (Wildman–Crippen LogP) is 3.10. The molecule has 6 nitrogen and oxygen atoms in total. The van der Waals surface area contributed by atoms with Crippen LogP contribution in [-0.4, -0.2) is 46.4 Å². The van der Waals surface area contributed by atoms with Crippen molar-refractivity contribution in [2.45, 2.75) is 32.2 Å². The first-order valence-corrected chi connectivity index (χ1v) is 8.29. The number of aromatic nitrogens is 2. The largest absolute Gasteiger partial charge is 0.380 e. The van der Waals surface area contributed by atoms with Crippen LogP contribution in [0, 0.1) is 5.41 Å². The van der Waals surface area contributed by atoms with Crippen LogP contribution in [-0.2, 0) is 0 Å². The van der Waals surface area contributed by atoms with Crippen LogP contribution in [0.2, 0.25) is 0 Å². The lowest BCUT2D eigenvalue weighted by molar-refractivity contribution is 0.0786. The fourth-order valence-electron chi connectivity index (χ4n) is 2.94. The summed E-state index contributed by atoms with van der Waals surface area (Å²) in [6.07, 6.45) is 2.23. The van der Waals surface area contributed by atoms with Crippen LogP contribution in [0.25, 0.3) is 0 Å². The minimum absolute atomic E-state index is 0. The smallest absolute Gasteiger partial charge is 0.274 e. The Morgan fingerprint density at radius 3 is 3.00 bits per heavy atom. The summed E-state index contributed by atoms with van der Waals surface area (Å²) in [4.78, 5) is 14.4. The summed E-state index contributed by atoms with van der Waals surface area (Å²) in [7, 11) is 0. The van der Waals surface area contributed by atoms with Crippen molar-refractivity contribution in [1.82, 2.24) is 15.1 Å². The Labute approximate surface area is 143 Å². The number of anilines is 1. The average Bonchev–Trinajstić information content (AvgIpc) is 3.24. The summed E-state index contributed by atoms with van der Waals surface area (Å²) >= 11 is 0. The number of benzene rings is 1. The van der Waals surface area contributed by atoms with Gasteiger partial charge in [-0.2, -0.15) is 5.10 Å². The first-order chi connectivity index (χ1) is 11.6. The number of carbonyl (C=O) groups excluding carboxylic acids is 1. The molecule has 128 valence electrons. The molecule has 1 aromatic carbocycles. The Morgan fingerprint density at radius 1 is 1.50 bits per heavy atom. The number of para-hydroxylation sites is 1. The quantitative estimate of drug-likeness (QED) is 0.738. The van der Waals surface area contributed by atoms with Crippen molar-refractivity contribution in [1.29, 1.82) is 5.41 Å². The predicted molar refractivity (Wildman–Crippen MR) is 97.0 cm³/mol. The second-order valence-electron chi connectivity index (χ2n) is 6.48. The number of nitrogens with zero attached hydrogens (tertiary/aromatic N) is 2. The molecule has 0 unspecified atom stereocenters. The minimum atomic E-state index is -0.0252. The molecule has 2 heterocycles. The van der Waals surface area contributed by atoms with Crippen LogP contribution in [0.5, 0.6) is 0 Å². The molecule has 1 amide bonds. The zero-order chi connectivity index (χ0) is 17.1. The van der Waals surface area contributed by atoms with Gasteiger partial charge in [0, 0.05) is 43.7 Å². The van der Waals surface area contributed by atoms with Crippen molar-refractivity contribution in [2.24, 2.45) is 0 Å². The van der Waals surface area contributed by atoms with Crippen molar-refractivity contribution in [3.8, 4) is 0 Å². The summed E-state index contributed by atoms with van der Waals surface area (Å²) in [5.41, 5.74) is 3.26. The van der Waals surface area contributed by atoms with E-state index in [2.05, 4.69) is 29.4 Å². The number of aromatic amines is 1. The standard InChI is InChI=1S/C18H23N5O.H2/c1-12(2)16-9-17(22-21-16)18(24)23-8-7-14(11-23)20-15-6-4-3-5-13(15)10-19;/h3-6,9-10,12,14,19-20H,7-8,11H2,1-2H3,(H,21,22);1H/t14-;/m1./s1. The molecular formula is C18H25N5O. The third-order valence-corrected chi connectivity index (χ3v) is 4.39. The first kappa shape index (κ1) is 16.2. The Balaban J connectivity index is 0.00000225. The van der Waals surface area contributed by atoms with Crippen LogP contribution < -0.4 is 5.32 Å². The molecule has 1 aliphatic heterocycles. The van der Waals surface area contributed by atoms with Gasteiger partial charge < -0.3 is 15.6 Å².